The molecule has 0 aromatic heterocycles. The van der Waals surface area contributed by atoms with Crippen LogP contribution in [0.25, 0.3) is 0 Å². The number of nitrogens with zero attached hydrogens (tertiary/aromatic N) is 1. The van der Waals surface area contributed by atoms with E-state index in [2.05, 4.69) is 38.2 Å². The van der Waals surface area contributed by atoms with Crippen molar-refractivity contribution in [1.82, 2.24) is 10.2 Å². The van der Waals surface area contributed by atoms with Gasteiger partial charge in [-0.05, 0) is 69.7 Å². The quantitative estimate of drug-likeness (QED) is 0.770. The molecule has 1 unspecified atom stereocenters. The van der Waals surface area contributed by atoms with Gasteiger partial charge in [-0.1, -0.05) is 17.7 Å². The van der Waals surface area contributed by atoms with E-state index in [1.807, 2.05) is 11.9 Å². The molecule has 0 radical (unpaired) electrons. The second kappa shape index (κ2) is 7.93. The summed E-state index contributed by atoms with van der Waals surface area (Å²) in [6, 6.07) is 4.38. The highest BCUT2D eigenvalue weighted by molar-refractivity contribution is 5.78. The van der Waals surface area contributed by atoms with Gasteiger partial charge in [0.2, 0.25) is 5.91 Å². The first-order chi connectivity index (χ1) is 10.9. The minimum absolute atomic E-state index is 0.0258. The number of hydrogen-bond donors (Lipinski definition) is 2. The molecular weight excluding hydrogens is 288 g/mol. The van der Waals surface area contributed by atoms with Gasteiger partial charge in [0.25, 0.3) is 0 Å². The Morgan fingerprint density at radius 1 is 1.30 bits per heavy atom. The average Bonchev–Trinajstić information content (AvgIpc) is 3.25. The molecule has 0 spiro atoms. The Hall–Kier alpha value is -1.39. The molecule has 1 saturated carbocycles. The van der Waals surface area contributed by atoms with Crippen LogP contribution in [-0.4, -0.2) is 48.7 Å². The second-order valence-electron chi connectivity index (χ2n) is 7.08. The molecule has 0 heterocycles. The highest BCUT2D eigenvalue weighted by Crippen LogP contribution is 2.32. The van der Waals surface area contributed by atoms with Crippen molar-refractivity contribution in [2.45, 2.75) is 46.1 Å². The summed E-state index contributed by atoms with van der Waals surface area (Å²) >= 11 is 0. The van der Waals surface area contributed by atoms with E-state index in [1.54, 1.807) is 0 Å². The van der Waals surface area contributed by atoms with Gasteiger partial charge < -0.3 is 10.4 Å². The fraction of sp³-hybridized carbons (Fsp3) is 0.632. The van der Waals surface area contributed by atoms with Gasteiger partial charge in [-0.15, -0.1) is 0 Å². The summed E-state index contributed by atoms with van der Waals surface area (Å²) in [5.74, 6) is 0.478. The fourth-order valence-corrected chi connectivity index (χ4v) is 3.25. The molecular formula is C19H30N2O2. The maximum Gasteiger partial charge on any atom is 0.234 e. The predicted octanol–water partition coefficient (Wildman–Crippen LogP) is 1.97. The molecule has 0 aliphatic heterocycles. The zero-order chi connectivity index (χ0) is 17.0. The lowest BCUT2D eigenvalue weighted by molar-refractivity contribution is -0.122. The van der Waals surface area contributed by atoms with Gasteiger partial charge in [0.15, 0.2) is 0 Å². The Morgan fingerprint density at radius 2 is 1.91 bits per heavy atom. The Balaban J connectivity index is 1.72. The molecule has 1 fully saturated rings. The number of rotatable bonds is 8. The lowest BCUT2D eigenvalue weighted by atomic mass is 9.97. The Bertz CT molecular complexity index is 529. The van der Waals surface area contributed by atoms with Gasteiger partial charge >= 0.3 is 0 Å². The van der Waals surface area contributed by atoms with Crippen LogP contribution in [0.4, 0.5) is 0 Å². The summed E-state index contributed by atoms with van der Waals surface area (Å²) in [6.45, 7) is 7.94. The SMILES string of the molecule is Cc1cc(C)c(CCNC(=O)CN(C)CC(O)C2CC2)c(C)c1. The molecule has 1 aliphatic rings. The Kier molecular flexibility index (Phi) is 6.19. The topological polar surface area (TPSA) is 52.6 Å². The molecule has 1 aromatic rings. The number of nitrogens with one attached hydrogen (secondary N) is 1. The van der Waals surface area contributed by atoms with E-state index in [9.17, 15) is 9.90 Å². The third-order valence-corrected chi connectivity index (χ3v) is 4.62. The van der Waals surface area contributed by atoms with Crippen molar-refractivity contribution in [3.63, 3.8) is 0 Å². The molecule has 2 N–H and O–H groups in total. The van der Waals surface area contributed by atoms with E-state index >= 15 is 0 Å². The van der Waals surface area contributed by atoms with Crippen LogP contribution in [-0.2, 0) is 11.2 Å². The number of aryl methyl sites for hydroxylation is 3. The summed E-state index contributed by atoms with van der Waals surface area (Å²) in [5, 5.41) is 12.9. The summed E-state index contributed by atoms with van der Waals surface area (Å²) in [6.07, 6.45) is 2.82. The fourth-order valence-electron chi connectivity index (χ4n) is 3.25. The van der Waals surface area contributed by atoms with Crippen LogP contribution in [0.1, 0.15) is 35.1 Å². The molecule has 128 valence electrons. The van der Waals surface area contributed by atoms with Gasteiger partial charge in [0.1, 0.15) is 0 Å². The van der Waals surface area contributed by atoms with Crippen molar-refractivity contribution in [3.8, 4) is 0 Å². The molecule has 4 heteroatoms. The van der Waals surface area contributed by atoms with E-state index in [1.165, 1.54) is 22.3 Å². The lowest BCUT2D eigenvalue weighted by Crippen LogP contribution is -2.39. The lowest BCUT2D eigenvalue weighted by Gasteiger charge is -2.20. The van der Waals surface area contributed by atoms with Crippen molar-refractivity contribution in [2.24, 2.45) is 5.92 Å². The first-order valence-electron chi connectivity index (χ1n) is 8.57. The zero-order valence-electron chi connectivity index (χ0n) is 14.9. The number of amides is 1. The first-order valence-corrected chi connectivity index (χ1v) is 8.57. The number of aliphatic hydroxyl groups excluding tert-OH is 1. The van der Waals surface area contributed by atoms with Gasteiger partial charge in [-0.2, -0.15) is 0 Å². The zero-order valence-corrected chi connectivity index (χ0v) is 14.9. The van der Waals surface area contributed by atoms with Crippen LogP contribution in [0.2, 0.25) is 0 Å². The average molecular weight is 318 g/mol. The van der Waals surface area contributed by atoms with Crippen LogP contribution < -0.4 is 5.32 Å². The Morgan fingerprint density at radius 3 is 2.48 bits per heavy atom. The molecule has 0 saturated heterocycles. The number of benzene rings is 1. The molecule has 1 amide bonds. The summed E-state index contributed by atoms with van der Waals surface area (Å²) in [7, 11) is 1.89. The van der Waals surface area contributed by atoms with Crippen molar-refractivity contribution in [1.29, 1.82) is 0 Å². The maximum atomic E-state index is 12.0. The monoisotopic (exact) mass is 318 g/mol. The normalized spacial score (nSPS) is 15.7. The third-order valence-electron chi connectivity index (χ3n) is 4.62. The summed E-state index contributed by atoms with van der Waals surface area (Å²) < 4.78 is 0. The summed E-state index contributed by atoms with van der Waals surface area (Å²) in [5.41, 5.74) is 5.19. The number of carbonyl (C=O) groups is 1. The van der Waals surface area contributed by atoms with Crippen LogP contribution in [0.5, 0.6) is 0 Å². The van der Waals surface area contributed by atoms with E-state index in [-0.39, 0.29) is 12.0 Å². The van der Waals surface area contributed by atoms with Crippen LogP contribution in [0.15, 0.2) is 12.1 Å². The van der Waals surface area contributed by atoms with Crippen LogP contribution >= 0.6 is 0 Å². The van der Waals surface area contributed by atoms with E-state index in [4.69, 9.17) is 0 Å². The minimum Gasteiger partial charge on any atom is -0.392 e. The second-order valence-corrected chi connectivity index (χ2v) is 7.08. The summed E-state index contributed by atoms with van der Waals surface area (Å²) in [4.78, 5) is 13.9. The van der Waals surface area contributed by atoms with Crippen LogP contribution in [0.3, 0.4) is 0 Å². The largest absolute Gasteiger partial charge is 0.392 e. The third kappa shape index (κ3) is 5.63. The highest BCUT2D eigenvalue weighted by Gasteiger charge is 2.30. The molecule has 2 rings (SSSR count). The van der Waals surface area contributed by atoms with Crippen molar-refractivity contribution in [2.75, 3.05) is 26.7 Å². The van der Waals surface area contributed by atoms with Crippen molar-refractivity contribution in [3.05, 3.63) is 34.4 Å². The maximum absolute atomic E-state index is 12.0. The predicted molar refractivity (Wildman–Crippen MR) is 93.6 cm³/mol. The molecule has 1 atom stereocenters. The molecule has 1 aliphatic carbocycles. The van der Waals surface area contributed by atoms with E-state index in [0.29, 0.717) is 25.6 Å². The Labute approximate surface area is 139 Å². The van der Waals surface area contributed by atoms with Crippen LogP contribution in [0, 0.1) is 26.7 Å². The first kappa shape index (κ1) is 18.0. The van der Waals surface area contributed by atoms with E-state index < -0.39 is 0 Å². The number of hydrogen-bond acceptors (Lipinski definition) is 3. The van der Waals surface area contributed by atoms with Crippen molar-refractivity contribution < 1.29 is 9.90 Å². The molecule has 4 nitrogen and oxygen atoms in total. The van der Waals surface area contributed by atoms with Crippen molar-refractivity contribution >= 4 is 5.91 Å². The molecule has 0 bridgehead atoms. The number of likely N-dealkylation sites (N-methyl/N-ethyl adjacent to an activating group) is 1. The van der Waals surface area contributed by atoms with Gasteiger partial charge in [-0.3, -0.25) is 9.69 Å². The molecule has 1 aromatic carbocycles. The minimum atomic E-state index is -0.286. The molecule has 23 heavy (non-hydrogen) atoms. The van der Waals surface area contributed by atoms with Gasteiger partial charge in [-0.25, -0.2) is 0 Å². The van der Waals surface area contributed by atoms with E-state index in [0.717, 1.165) is 19.3 Å². The van der Waals surface area contributed by atoms with Gasteiger partial charge in [0.05, 0.1) is 12.6 Å². The smallest absolute Gasteiger partial charge is 0.234 e. The standard InChI is InChI=1S/C19H30N2O2/c1-13-9-14(2)17(15(3)10-13)7-8-20-19(23)12-21(4)11-18(22)16-5-6-16/h9-10,16,18,22H,5-8,11-12H2,1-4H3,(H,20,23). The van der Waals surface area contributed by atoms with Gasteiger partial charge in [0, 0.05) is 13.1 Å². The highest BCUT2D eigenvalue weighted by atomic mass is 16.3. The number of carbonyl (C=O) groups excluding carboxylic acids is 1. The number of aliphatic hydroxyl groups is 1.